The van der Waals surface area contributed by atoms with E-state index < -0.39 is 0 Å². The summed E-state index contributed by atoms with van der Waals surface area (Å²) in [5, 5.41) is 9.62. The molecule has 1 saturated heterocycles. The zero-order valence-electron chi connectivity index (χ0n) is 10.3. The van der Waals surface area contributed by atoms with Gasteiger partial charge >= 0.3 is 0 Å². The Morgan fingerprint density at radius 2 is 1.50 bits per heavy atom. The molecular weight excluding hydrogens is 222 g/mol. The minimum Gasteiger partial charge on any atom is -0.506 e. The Hall–Kier alpha value is -2.22. The fraction of sp³-hybridized carbons (Fsp3) is 0.125. The Morgan fingerprint density at radius 1 is 1.00 bits per heavy atom. The second-order valence-corrected chi connectivity index (χ2v) is 4.25. The molecule has 0 aromatic carbocycles. The van der Waals surface area contributed by atoms with Gasteiger partial charge in [-0.3, -0.25) is 0 Å². The third-order valence-corrected chi connectivity index (χ3v) is 3.22. The van der Waals surface area contributed by atoms with Crippen LogP contribution in [-0.2, 0) is 0 Å². The Labute approximate surface area is 108 Å². The summed E-state index contributed by atoms with van der Waals surface area (Å²) in [6, 6.07) is 0.647. The summed E-state index contributed by atoms with van der Waals surface area (Å²) < 4.78 is 0. The molecule has 1 heterocycles. The molecule has 0 aromatic rings. The number of aliphatic hydroxyl groups excluding tert-OH is 1. The highest BCUT2D eigenvalue weighted by Crippen LogP contribution is 2.56. The van der Waals surface area contributed by atoms with E-state index in [1.54, 1.807) is 24.3 Å². The SMILES string of the molecule is C=CC=C1/C(=C\C=C)C2C1N2/C(=C/C=C)C(=C)O. The van der Waals surface area contributed by atoms with Gasteiger partial charge in [-0.2, -0.15) is 0 Å². The van der Waals surface area contributed by atoms with Crippen LogP contribution in [-0.4, -0.2) is 22.1 Å². The zero-order valence-corrected chi connectivity index (χ0v) is 10.3. The van der Waals surface area contributed by atoms with Crippen molar-refractivity contribution in [2.24, 2.45) is 0 Å². The molecule has 1 saturated carbocycles. The smallest absolute Gasteiger partial charge is 0.131 e. The van der Waals surface area contributed by atoms with Gasteiger partial charge in [-0.25, -0.2) is 0 Å². The van der Waals surface area contributed by atoms with Crippen molar-refractivity contribution in [3.05, 3.63) is 85.4 Å². The van der Waals surface area contributed by atoms with Crippen molar-refractivity contribution in [3.8, 4) is 0 Å². The average molecular weight is 239 g/mol. The first-order valence-corrected chi connectivity index (χ1v) is 5.82. The van der Waals surface area contributed by atoms with Gasteiger partial charge in [0, 0.05) is 0 Å². The number of hydrogen-bond donors (Lipinski definition) is 1. The van der Waals surface area contributed by atoms with Crippen LogP contribution in [0.5, 0.6) is 0 Å². The molecule has 0 spiro atoms. The van der Waals surface area contributed by atoms with Crippen molar-refractivity contribution >= 4 is 0 Å². The number of fused-ring (bicyclic) bond motifs is 1. The number of hydrogen-bond acceptors (Lipinski definition) is 2. The second kappa shape index (κ2) is 4.57. The van der Waals surface area contributed by atoms with E-state index in [-0.39, 0.29) is 5.76 Å². The molecule has 2 heteroatoms. The predicted molar refractivity (Wildman–Crippen MR) is 76.0 cm³/mol. The van der Waals surface area contributed by atoms with Crippen molar-refractivity contribution in [2.75, 3.05) is 0 Å². The van der Waals surface area contributed by atoms with Gasteiger partial charge in [-0.15, -0.1) is 0 Å². The van der Waals surface area contributed by atoms with Crippen LogP contribution >= 0.6 is 0 Å². The van der Waals surface area contributed by atoms with E-state index in [9.17, 15) is 5.11 Å². The first-order chi connectivity index (χ1) is 8.67. The first kappa shape index (κ1) is 12.2. The Bertz CT molecular complexity index is 489. The fourth-order valence-electron chi connectivity index (χ4n) is 2.50. The zero-order chi connectivity index (χ0) is 13.3. The molecule has 18 heavy (non-hydrogen) atoms. The van der Waals surface area contributed by atoms with Crippen LogP contribution in [0, 0.1) is 0 Å². The summed E-state index contributed by atoms with van der Waals surface area (Å²) >= 11 is 0. The molecule has 1 aliphatic carbocycles. The number of nitrogens with zero attached hydrogens (tertiary/aromatic N) is 1. The molecule has 1 N–H and O–H groups in total. The van der Waals surface area contributed by atoms with Gasteiger partial charge in [-0.1, -0.05) is 56.7 Å². The Balaban J connectivity index is 2.30. The molecule has 0 aromatic heterocycles. The van der Waals surface area contributed by atoms with Crippen molar-refractivity contribution in [1.29, 1.82) is 0 Å². The molecule has 0 amide bonds. The molecule has 0 radical (unpaired) electrons. The summed E-state index contributed by atoms with van der Waals surface area (Å²) in [6.07, 6.45) is 11.0. The monoisotopic (exact) mass is 239 g/mol. The number of likely N-dealkylation sites (tertiary alicyclic amines) is 1. The summed E-state index contributed by atoms with van der Waals surface area (Å²) in [5.74, 6) is 0.0696. The molecule has 92 valence electrons. The minimum atomic E-state index is 0.0696. The van der Waals surface area contributed by atoms with Crippen LogP contribution in [0.4, 0.5) is 0 Å². The van der Waals surface area contributed by atoms with Crippen molar-refractivity contribution < 1.29 is 5.11 Å². The van der Waals surface area contributed by atoms with Gasteiger partial charge in [0.1, 0.15) is 5.76 Å². The number of aliphatic hydroxyl groups is 1. The fourth-order valence-corrected chi connectivity index (χ4v) is 2.50. The van der Waals surface area contributed by atoms with Crippen molar-refractivity contribution in [2.45, 2.75) is 12.1 Å². The minimum absolute atomic E-state index is 0.0696. The van der Waals surface area contributed by atoms with Gasteiger partial charge in [0.05, 0.1) is 17.8 Å². The molecule has 1 aliphatic heterocycles. The van der Waals surface area contributed by atoms with E-state index in [1.807, 2.05) is 12.2 Å². The molecule has 2 aliphatic rings. The average Bonchev–Trinajstić information content (AvgIpc) is 2.99. The van der Waals surface area contributed by atoms with Gasteiger partial charge in [0.2, 0.25) is 0 Å². The summed E-state index contributed by atoms with van der Waals surface area (Å²) in [6.45, 7) is 14.7. The lowest BCUT2D eigenvalue weighted by Gasteiger charge is -2.15. The standard InChI is InChI=1S/C16H17NO/c1-5-8-12-13(9-6-2)16-15(12)17(16)14(10-7-3)11(4)18/h5-10,15-16,18H,1-4H2/b12-8+,13-9?,14-10+. The third kappa shape index (κ3) is 1.66. The topological polar surface area (TPSA) is 23.2 Å². The highest BCUT2D eigenvalue weighted by Gasteiger charge is 2.62. The summed E-state index contributed by atoms with van der Waals surface area (Å²) in [7, 11) is 0. The van der Waals surface area contributed by atoms with Crippen LogP contribution in [0.2, 0.25) is 0 Å². The first-order valence-electron chi connectivity index (χ1n) is 5.82. The normalized spacial score (nSPS) is 29.6. The number of rotatable bonds is 5. The molecular formula is C16H17NO. The van der Waals surface area contributed by atoms with Gasteiger partial charge < -0.3 is 10.0 Å². The van der Waals surface area contributed by atoms with Gasteiger partial charge in [0.25, 0.3) is 0 Å². The summed E-state index contributed by atoms with van der Waals surface area (Å²) in [4.78, 5) is 2.12. The highest BCUT2D eigenvalue weighted by atomic mass is 16.3. The molecule has 2 fully saturated rings. The van der Waals surface area contributed by atoms with E-state index in [0.717, 1.165) is 5.70 Å². The lowest BCUT2D eigenvalue weighted by molar-refractivity contribution is 0.399. The van der Waals surface area contributed by atoms with Crippen LogP contribution in [0.1, 0.15) is 0 Å². The van der Waals surface area contributed by atoms with Crippen LogP contribution in [0.25, 0.3) is 0 Å². The quantitative estimate of drug-likeness (QED) is 0.451. The maximum atomic E-state index is 9.62. The molecule has 2 unspecified atom stereocenters. The van der Waals surface area contributed by atoms with Crippen LogP contribution < -0.4 is 0 Å². The molecule has 2 rings (SSSR count). The predicted octanol–water partition coefficient (Wildman–Crippen LogP) is 3.42. The van der Waals surface area contributed by atoms with Crippen LogP contribution in [0.15, 0.2) is 85.4 Å². The van der Waals surface area contributed by atoms with E-state index in [0.29, 0.717) is 12.1 Å². The van der Waals surface area contributed by atoms with Crippen LogP contribution in [0.3, 0.4) is 0 Å². The van der Waals surface area contributed by atoms with E-state index in [2.05, 4.69) is 31.2 Å². The summed E-state index contributed by atoms with van der Waals surface area (Å²) in [5.41, 5.74) is 3.18. The van der Waals surface area contributed by atoms with Gasteiger partial charge in [-0.05, 0) is 17.2 Å². The maximum Gasteiger partial charge on any atom is 0.131 e. The largest absolute Gasteiger partial charge is 0.506 e. The second-order valence-electron chi connectivity index (χ2n) is 4.25. The van der Waals surface area contributed by atoms with Crippen molar-refractivity contribution in [1.82, 2.24) is 4.90 Å². The Morgan fingerprint density at radius 3 is 1.83 bits per heavy atom. The Kier molecular flexibility index (Phi) is 3.11. The van der Waals surface area contributed by atoms with E-state index >= 15 is 0 Å². The van der Waals surface area contributed by atoms with Gasteiger partial charge in [0.15, 0.2) is 0 Å². The number of allylic oxidation sites excluding steroid dienone is 6. The highest BCUT2D eigenvalue weighted by molar-refractivity contribution is 5.64. The molecule has 0 bridgehead atoms. The van der Waals surface area contributed by atoms with E-state index in [1.165, 1.54) is 11.1 Å². The lowest BCUT2D eigenvalue weighted by atomic mass is 9.85. The molecule has 2 atom stereocenters. The third-order valence-electron chi connectivity index (χ3n) is 3.22. The maximum absolute atomic E-state index is 9.62. The lowest BCUT2D eigenvalue weighted by Crippen LogP contribution is -2.16. The molecule has 2 nitrogen and oxygen atoms in total. The van der Waals surface area contributed by atoms with E-state index in [4.69, 9.17) is 0 Å². The van der Waals surface area contributed by atoms with Crippen molar-refractivity contribution in [3.63, 3.8) is 0 Å².